The van der Waals surface area contributed by atoms with Crippen molar-refractivity contribution in [2.75, 3.05) is 0 Å². The Morgan fingerprint density at radius 1 is 0.907 bits per heavy atom. The lowest BCUT2D eigenvalue weighted by atomic mass is 10.1. The lowest BCUT2D eigenvalue weighted by molar-refractivity contribution is 0.0696. The fourth-order valence-corrected chi connectivity index (χ4v) is 5.77. The highest BCUT2D eigenvalue weighted by Gasteiger charge is 2.19. The standard InChI is InChI=1S/C36H34N4O3/c1-3-4-17-33-38-34-24(2)20-27(35(41)37-22-25-11-6-5-7-12-25)21-32(34)40(33)23-26-13-10-16-30-28(26)18-19-39(30)31-15-9-8-14-29(31)36(42)43/h5-16,18-21H,3-4,17,22-23H2,1-2H3,(H,37,41)(H,42,43). The van der Waals surface area contributed by atoms with Crippen LogP contribution in [0.5, 0.6) is 0 Å². The number of nitrogens with one attached hydrogen (secondary N) is 1. The van der Waals surface area contributed by atoms with Gasteiger partial charge in [0.15, 0.2) is 0 Å². The van der Waals surface area contributed by atoms with E-state index in [9.17, 15) is 14.7 Å². The van der Waals surface area contributed by atoms with E-state index in [1.165, 1.54) is 0 Å². The first kappa shape index (κ1) is 28.0. The van der Waals surface area contributed by atoms with Gasteiger partial charge in [0.2, 0.25) is 0 Å². The number of aromatic carboxylic acids is 1. The summed E-state index contributed by atoms with van der Waals surface area (Å²) in [5.41, 5.74) is 7.37. The quantitative estimate of drug-likeness (QED) is 0.181. The second kappa shape index (κ2) is 12.0. The first-order valence-electron chi connectivity index (χ1n) is 14.7. The molecule has 0 atom stereocenters. The van der Waals surface area contributed by atoms with Crippen LogP contribution in [0.25, 0.3) is 27.6 Å². The topological polar surface area (TPSA) is 89.2 Å². The Labute approximate surface area is 250 Å². The average Bonchev–Trinajstić information content (AvgIpc) is 3.62. The number of carbonyl (C=O) groups is 2. The Hall–Kier alpha value is -5.17. The monoisotopic (exact) mass is 570 g/mol. The lowest BCUT2D eigenvalue weighted by Gasteiger charge is -2.13. The van der Waals surface area contributed by atoms with Crippen molar-refractivity contribution < 1.29 is 14.7 Å². The number of aryl methyl sites for hydroxylation is 2. The molecule has 2 heterocycles. The normalized spacial score (nSPS) is 11.3. The molecule has 4 aromatic carbocycles. The maximum Gasteiger partial charge on any atom is 0.337 e. The minimum atomic E-state index is -0.960. The van der Waals surface area contributed by atoms with E-state index in [0.717, 1.165) is 63.7 Å². The first-order chi connectivity index (χ1) is 20.9. The number of hydrogen-bond donors (Lipinski definition) is 2. The maximum absolute atomic E-state index is 13.3. The summed E-state index contributed by atoms with van der Waals surface area (Å²) in [5, 5.41) is 13.9. The van der Waals surface area contributed by atoms with Crippen LogP contribution in [-0.4, -0.2) is 31.1 Å². The third-order valence-electron chi connectivity index (χ3n) is 7.98. The molecule has 7 nitrogen and oxygen atoms in total. The molecule has 0 spiro atoms. The van der Waals surface area contributed by atoms with Crippen LogP contribution < -0.4 is 5.32 Å². The van der Waals surface area contributed by atoms with E-state index in [1.54, 1.807) is 12.1 Å². The predicted molar refractivity (Wildman–Crippen MR) is 170 cm³/mol. The van der Waals surface area contributed by atoms with Gasteiger partial charge in [-0.15, -0.1) is 0 Å². The molecule has 2 N–H and O–H groups in total. The smallest absolute Gasteiger partial charge is 0.337 e. The van der Waals surface area contributed by atoms with Crippen LogP contribution in [0.4, 0.5) is 0 Å². The molecule has 1 amide bonds. The molecule has 0 saturated heterocycles. The number of nitrogens with zero attached hydrogens (tertiary/aromatic N) is 3. The number of benzene rings is 4. The van der Waals surface area contributed by atoms with Gasteiger partial charge < -0.3 is 19.6 Å². The number of aromatic nitrogens is 3. The summed E-state index contributed by atoms with van der Waals surface area (Å²) in [5.74, 6) is -0.0829. The minimum absolute atomic E-state index is 0.118. The van der Waals surface area contributed by atoms with E-state index in [4.69, 9.17) is 4.98 Å². The number of rotatable bonds is 10. The van der Waals surface area contributed by atoms with E-state index in [1.807, 2.05) is 90.5 Å². The fraction of sp³-hybridized carbons (Fsp3) is 0.194. The molecule has 0 unspecified atom stereocenters. The van der Waals surface area contributed by atoms with Crippen molar-refractivity contribution in [2.45, 2.75) is 46.2 Å². The van der Waals surface area contributed by atoms with E-state index in [0.29, 0.717) is 24.3 Å². The highest BCUT2D eigenvalue weighted by atomic mass is 16.4. The Balaban J connectivity index is 1.40. The molecule has 0 saturated carbocycles. The summed E-state index contributed by atoms with van der Waals surface area (Å²) >= 11 is 0. The molecule has 6 rings (SSSR count). The van der Waals surface area contributed by atoms with Crippen molar-refractivity contribution in [3.8, 4) is 5.69 Å². The number of carboxylic acid groups (broad SMARTS) is 1. The molecule has 2 aromatic heterocycles. The fourth-order valence-electron chi connectivity index (χ4n) is 5.77. The maximum atomic E-state index is 13.3. The molecule has 7 heteroatoms. The predicted octanol–water partition coefficient (Wildman–Crippen LogP) is 7.31. The Morgan fingerprint density at radius 3 is 2.49 bits per heavy atom. The molecule has 0 radical (unpaired) electrons. The average molecular weight is 571 g/mol. The zero-order valence-electron chi connectivity index (χ0n) is 24.4. The summed E-state index contributed by atoms with van der Waals surface area (Å²) in [6, 6.07) is 29.0. The van der Waals surface area contributed by atoms with Crippen molar-refractivity contribution in [2.24, 2.45) is 0 Å². The molecule has 0 aliphatic carbocycles. The summed E-state index contributed by atoms with van der Waals surface area (Å²) in [7, 11) is 0. The second-order valence-corrected chi connectivity index (χ2v) is 10.9. The summed E-state index contributed by atoms with van der Waals surface area (Å²) in [6.07, 6.45) is 4.83. The van der Waals surface area contributed by atoms with Crippen LogP contribution in [0.3, 0.4) is 0 Å². The third kappa shape index (κ3) is 5.54. The van der Waals surface area contributed by atoms with Crippen molar-refractivity contribution in [1.29, 1.82) is 0 Å². The summed E-state index contributed by atoms with van der Waals surface area (Å²) in [6.45, 7) is 5.22. The van der Waals surface area contributed by atoms with Crippen LogP contribution in [0, 0.1) is 6.92 Å². The largest absolute Gasteiger partial charge is 0.478 e. The highest BCUT2D eigenvalue weighted by Crippen LogP contribution is 2.29. The Kier molecular flexibility index (Phi) is 7.79. The SMILES string of the molecule is CCCCc1nc2c(C)cc(C(=O)NCc3ccccc3)cc2n1Cc1cccc2c1ccn2-c1ccccc1C(=O)O. The van der Waals surface area contributed by atoms with Gasteiger partial charge in [-0.1, -0.05) is 67.9 Å². The van der Waals surface area contributed by atoms with Crippen LogP contribution in [0.2, 0.25) is 0 Å². The van der Waals surface area contributed by atoms with Crippen molar-refractivity contribution in [3.05, 3.63) is 131 Å². The number of unbranched alkanes of at least 4 members (excludes halogenated alkanes) is 1. The Morgan fingerprint density at radius 2 is 1.70 bits per heavy atom. The second-order valence-electron chi connectivity index (χ2n) is 10.9. The van der Waals surface area contributed by atoms with E-state index >= 15 is 0 Å². The lowest BCUT2D eigenvalue weighted by Crippen LogP contribution is -2.23. The van der Waals surface area contributed by atoms with Gasteiger partial charge in [0, 0.05) is 30.1 Å². The number of imidazole rings is 1. The van der Waals surface area contributed by atoms with E-state index in [2.05, 4.69) is 22.9 Å². The molecule has 43 heavy (non-hydrogen) atoms. The third-order valence-corrected chi connectivity index (χ3v) is 7.98. The first-order valence-corrected chi connectivity index (χ1v) is 14.7. The number of carbonyl (C=O) groups excluding carboxylic acids is 1. The minimum Gasteiger partial charge on any atom is -0.478 e. The zero-order chi connectivity index (χ0) is 29.9. The summed E-state index contributed by atoms with van der Waals surface area (Å²) < 4.78 is 4.18. The van der Waals surface area contributed by atoms with Crippen molar-refractivity contribution in [1.82, 2.24) is 19.4 Å². The Bertz CT molecular complexity index is 1950. The molecule has 0 fully saturated rings. The van der Waals surface area contributed by atoms with Crippen molar-refractivity contribution >= 4 is 33.8 Å². The molecule has 216 valence electrons. The number of carboxylic acids is 1. The van der Waals surface area contributed by atoms with Crippen molar-refractivity contribution in [3.63, 3.8) is 0 Å². The van der Waals surface area contributed by atoms with Gasteiger partial charge in [0.25, 0.3) is 5.91 Å². The van der Waals surface area contributed by atoms with Gasteiger partial charge >= 0.3 is 5.97 Å². The summed E-state index contributed by atoms with van der Waals surface area (Å²) in [4.78, 5) is 30.3. The number of hydrogen-bond acceptors (Lipinski definition) is 3. The van der Waals surface area contributed by atoms with Crippen LogP contribution in [-0.2, 0) is 19.5 Å². The molecule has 0 bridgehead atoms. The molecule has 0 aliphatic rings. The van der Waals surface area contributed by atoms with Gasteiger partial charge in [-0.3, -0.25) is 4.79 Å². The van der Waals surface area contributed by atoms with E-state index < -0.39 is 5.97 Å². The van der Waals surface area contributed by atoms with Gasteiger partial charge in [-0.2, -0.15) is 0 Å². The van der Waals surface area contributed by atoms with Gasteiger partial charge in [0.1, 0.15) is 5.82 Å². The van der Waals surface area contributed by atoms with Crippen LogP contribution >= 0.6 is 0 Å². The van der Waals surface area contributed by atoms with Gasteiger partial charge in [-0.25, -0.2) is 9.78 Å². The molecular weight excluding hydrogens is 536 g/mol. The van der Waals surface area contributed by atoms with Crippen LogP contribution in [0.15, 0.2) is 97.2 Å². The number of amides is 1. The zero-order valence-corrected chi connectivity index (χ0v) is 24.4. The highest BCUT2D eigenvalue weighted by molar-refractivity contribution is 5.98. The molecular formula is C36H34N4O3. The van der Waals surface area contributed by atoms with Gasteiger partial charge in [0.05, 0.1) is 34.3 Å². The number of para-hydroxylation sites is 1. The van der Waals surface area contributed by atoms with Gasteiger partial charge in [-0.05, 0) is 66.4 Å². The molecule has 0 aliphatic heterocycles. The van der Waals surface area contributed by atoms with Crippen LogP contribution in [0.1, 0.15) is 63.0 Å². The number of fused-ring (bicyclic) bond motifs is 2. The molecule has 6 aromatic rings. The van der Waals surface area contributed by atoms with E-state index in [-0.39, 0.29) is 11.5 Å².